The number of para-hydroxylation sites is 1. The summed E-state index contributed by atoms with van der Waals surface area (Å²) in [5, 5.41) is 13.2. The molecule has 3 N–H and O–H groups in total. The van der Waals surface area contributed by atoms with Crippen LogP contribution in [0.15, 0.2) is 77.7 Å². The predicted octanol–water partition coefficient (Wildman–Crippen LogP) is 3.67. The number of anilines is 1. The van der Waals surface area contributed by atoms with Gasteiger partial charge in [0.1, 0.15) is 28.5 Å². The first-order valence-corrected chi connectivity index (χ1v) is 8.46. The van der Waals surface area contributed by atoms with Crippen LogP contribution >= 0.6 is 0 Å². The zero-order valence-corrected chi connectivity index (χ0v) is 14.5. The Labute approximate surface area is 159 Å². The van der Waals surface area contributed by atoms with Crippen LogP contribution in [0.1, 0.15) is 10.4 Å². The topological polar surface area (TPSA) is 104 Å². The first-order chi connectivity index (χ1) is 13.6. The normalized spacial score (nSPS) is 10.6. The summed E-state index contributed by atoms with van der Waals surface area (Å²) in [4.78, 5) is 31.2. The smallest absolute Gasteiger partial charge is 0.266 e. The number of aromatic nitrogens is 2. The van der Waals surface area contributed by atoms with Crippen LogP contribution in [0, 0.1) is 0 Å². The molecule has 0 unspecified atom stereocenters. The number of pyridine rings is 2. The molecule has 0 spiro atoms. The van der Waals surface area contributed by atoms with E-state index in [1.54, 1.807) is 36.4 Å². The molecular formula is C21H15N3O4. The van der Waals surface area contributed by atoms with E-state index in [1.807, 2.05) is 30.3 Å². The number of carbonyl (C=O) groups excluding carboxylic acids is 1. The van der Waals surface area contributed by atoms with Crippen molar-refractivity contribution in [2.45, 2.75) is 0 Å². The van der Waals surface area contributed by atoms with Gasteiger partial charge < -0.3 is 20.1 Å². The highest BCUT2D eigenvalue weighted by molar-refractivity contribution is 6.08. The van der Waals surface area contributed by atoms with Gasteiger partial charge in [-0.25, -0.2) is 4.98 Å². The molecule has 1 amide bonds. The summed E-state index contributed by atoms with van der Waals surface area (Å²) in [7, 11) is 0. The molecule has 2 aromatic heterocycles. The van der Waals surface area contributed by atoms with E-state index in [-0.39, 0.29) is 11.2 Å². The summed E-state index contributed by atoms with van der Waals surface area (Å²) >= 11 is 0. The summed E-state index contributed by atoms with van der Waals surface area (Å²) in [6.07, 6.45) is 1.48. The number of hydrogen-bond acceptors (Lipinski definition) is 5. The molecule has 0 fully saturated rings. The Kier molecular flexibility index (Phi) is 4.47. The maximum Gasteiger partial charge on any atom is 0.266 e. The lowest BCUT2D eigenvalue weighted by atomic mass is 10.1. The fourth-order valence-electron chi connectivity index (χ4n) is 2.74. The Hall–Kier alpha value is -4.13. The predicted molar refractivity (Wildman–Crippen MR) is 105 cm³/mol. The third-order valence-corrected chi connectivity index (χ3v) is 4.08. The van der Waals surface area contributed by atoms with E-state index in [9.17, 15) is 14.7 Å². The Morgan fingerprint density at radius 2 is 1.68 bits per heavy atom. The molecule has 4 aromatic rings. The highest BCUT2D eigenvalue weighted by atomic mass is 16.5. The highest BCUT2D eigenvalue weighted by Crippen LogP contribution is 2.25. The molecule has 0 bridgehead atoms. The molecule has 7 heteroatoms. The molecule has 2 heterocycles. The Morgan fingerprint density at radius 3 is 2.43 bits per heavy atom. The Bertz CT molecular complexity index is 1200. The molecule has 0 saturated heterocycles. The van der Waals surface area contributed by atoms with Gasteiger partial charge in [-0.2, -0.15) is 0 Å². The van der Waals surface area contributed by atoms with Gasteiger partial charge in [0.2, 0.25) is 0 Å². The van der Waals surface area contributed by atoms with Crippen LogP contribution in [0.5, 0.6) is 17.2 Å². The standard InChI is InChI=1S/C21H15N3O4/c25-18-16-7-4-12-22-19(16)24-21(27)17(18)20(26)23-13-8-10-15(11-9-13)28-14-5-2-1-3-6-14/h1-12H,(H,23,26)(H2,22,24,25,27). The average Bonchev–Trinajstić information content (AvgIpc) is 2.70. The van der Waals surface area contributed by atoms with Gasteiger partial charge >= 0.3 is 0 Å². The SMILES string of the molecule is O=C(Nc1ccc(Oc2ccccc2)cc1)c1c(O)c2cccnc2[nH]c1=O. The minimum atomic E-state index is -0.721. The fraction of sp³-hybridized carbons (Fsp3) is 0. The third kappa shape index (κ3) is 3.41. The Balaban J connectivity index is 1.56. The first kappa shape index (κ1) is 17.3. The van der Waals surface area contributed by atoms with E-state index < -0.39 is 17.2 Å². The van der Waals surface area contributed by atoms with Crippen molar-refractivity contribution in [2.24, 2.45) is 0 Å². The van der Waals surface area contributed by atoms with E-state index >= 15 is 0 Å². The van der Waals surface area contributed by atoms with Crippen molar-refractivity contribution in [1.29, 1.82) is 0 Å². The minimum absolute atomic E-state index is 0.212. The maximum atomic E-state index is 12.5. The van der Waals surface area contributed by atoms with Gasteiger partial charge in [0.05, 0.1) is 5.39 Å². The van der Waals surface area contributed by atoms with Crippen LogP contribution in [0.4, 0.5) is 5.69 Å². The van der Waals surface area contributed by atoms with Crippen LogP contribution in [0.3, 0.4) is 0 Å². The lowest BCUT2D eigenvalue weighted by molar-refractivity contribution is 0.102. The summed E-state index contributed by atoms with van der Waals surface area (Å²) in [5.74, 6) is 0.164. The molecule has 7 nitrogen and oxygen atoms in total. The van der Waals surface area contributed by atoms with Crippen LogP contribution in [0.25, 0.3) is 11.0 Å². The van der Waals surface area contributed by atoms with Crippen LogP contribution in [-0.2, 0) is 0 Å². The molecule has 0 aliphatic heterocycles. The second kappa shape index (κ2) is 7.24. The average molecular weight is 373 g/mol. The summed E-state index contributed by atoms with van der Waals surface area (Å²) in [6.45, 7) is 0. The highest BCUT2D eigenvalue weighted by Gasteiger charge is 2.19. The fourth-order valence-corrected chi connectivity index (χ4v) is 2.74. The quantitative estimate of drug-likeness (QED) is 0.506. The number of ether oxygens (including phenoxy) is 1. The summed E-state index contributed by atoms with van der Waals surface area (Å²) in [6, 6.07) is 19.1. The molecule has 138 valence electrons. The van der Waals surface area contributed by atoms with Crippen LogP contribution < -0.4 is 15.6 Å². The van der Waals surface area contributed by atoms with Gasteiger partial charge in [0.15, 0.2) is 0 Å². The van der Waals surface area contributed by atoms with Crippen LogP contribution in [0.2, 0.25) is 0 Å². The maximum absolute atomic E-state index is 12.5. The molecule has 0 radical (unpaired) electrons. The van der Waals surface area contributed by atoms with Crippen molar-refractivity contribution in [3.05, 3.63) is 88.8 Å². The third-order valence-electron chi connectivity index (χ3n) is 4.08. The monoisotopic (exact) mass is 373 g/mol. The molecule has 0 saturated carbocycles. The van der Waals surface area contributed by atoms with Crippen molar-refractivity contribution in [1.82, 2.24) is 9.97 Å². The second-order valence-corrected chi connectivity index (χ2v) is 5.97. The molecule has 0 atom stereocenters. The number of benzene rings is 2. The largest absolute Gasteiger partial charge is 0.506 e. The van der Waals surface area contributed by atoms with Crippen LogP contribution in [-0.4, -0.2) is 21.0 Å². The van der Waals surface area contributed by atoms with Crippen molar-refractivity contribution >= 4 is 22.6 Å². The lowest BCUT2D eigenvalue weighted by Gasteiger charge is -2.09. The van der Waals surface area contributed by atoms with Gasteiger partial charge in [-0.3, -0.25) is 9.59 Å². The number of aromatic amines is 1. The van der Waals surface area contributed by atoms with Gasteiger partial charge in [0, 0.05) is 11.9 Å². The van der Waals surface area contributed by atoms with Gasteiger partial charge in [-0.05, 0) is 48.5 Å². The number of fused-ring (bicyclic) bond motifs is 1. The zero-order chi connectivity index (χ0) is 19.5. The zero-order valence-electron chi connectivity index (χ0n) is 14.5. The first-order valence-electron chi connectivity index (χ1n) is 8.46. The van der Waals surface area contributed by atoms with E-state index in [0.717, 1.165) is 0 Å². The van der Waals surface area contributed by atoms with E-state index in [1.165, 1.54) is 6.20 Å². The molecule has 2 aromatic carbocycles. The molecule has 0 aliphatic carbocycles. The summed E-state index contributed by atoms with van der Waals surface area (Å²) in [5.41, 5.74) is -0.421. The van der Waals surface area contributed by atoms with Gasteiger partial charge in [-0.1, -0.05) is 18.2 Å². The Morgan fingerprint density at radius 1 is 0.964 bits per heavy atom. The molecule has 0 aliphatic rings. The molecule has 28 heavy (non-hydrogen) atoms. The van der Waals surface area contributed by atoms with Crippen molar-refractivity contribution in [2.75, 3.05) is 5.32 Å². The second-order valence-electron chi connectivity index (χ2n) is 5.97. The van der Waals surface area contributed by atoms with Crippen molar-refractivity contribution < 1.29 is 14.6 Å². The van der Waals surface area contributed by atoms with E-state index in [2.05, 4.69) is 15.3 Å². The van der Waals surface area contributed by atoms with Gasteiger partial charge in [-0.15, -0.1) is 0 Å². The number of H-pyrrole nitrogens is 1. The number of nitrogens with zero attached hydrogens (tertiary/aromatic N) is 1. The molecule has 4 rings (SSSR count). The lowest BCUT2D eigenvalue weighted by Crippen LogP contribution is -2.23. The van der Waals surface area contributed by atoms with Crippen molar-refractivity contribution in [3.63, 3.8) is 0 Å². The minimum Gasteiger partial charge on any atom is -0.506 e. The van der Waals surface area contributed by atoms with Gasteiger partial charge in [0.25, 0.3) is 11.5 Å². The number of hydrogen-bond donors (Lipinski definition) is 3. The number of amides is 1. The molecular weight excluding hydrogens is 358 g/mol. The van der Waals surface area contributed by atoms with E-state index in [4.69, 9.17) is 4.74 Å². The summed E-state index contributed by atoms with van der Waals surface area (Å²) < 4.78 is 5.69. The number of carbonyl (C=O) groups is 1. The van der Waals surface area contributed by atoms with E-state index in [0.29, 0.717) is 22.6 Å². The number of rotatable bonds is 4. The van der Waals surface area contributed by atoms with Crippen molar-refractivity contribution in [3.8, 4) is 17.2 Å². The number of nitrogens with one attached hydrogen (secondary N) is 2. The number of aromatic hydroxyl groups is 1.